The lowest BCUT2D eigenvalue weighted by Gasteiger charge is -2.37. The van der Waals surface area contributed by atoms with Crippen LogP contribution in [0.15, 0.2) is 28.7 Å². The van der Waals surface area contributed by atoms with Gasteiger partial charge >= 0.3 is 6.09 Å². The molecule has 1 aromatic rings. The molecule has 2 rings (SSSR count). The summed E-state index contributed by atoms with van der Waals surface area (Å²) in [5, 5.41) is 3.52. The summed E-state index contributed by atoms with van der Waals surface area (Å²) in [6.07, 6.45) is 2.04. The average Bonchev–Trinajstić information content (AvgIpc) is 2.40. The first-order valence-corrected chi connectivity index (χ1v) is 8.97. The number of nitrogens with zero attached hydrogens (tertiary/aromatic N) is 1. The van der Waals surface area contributed by atoms with Crippen LogP contribution in [-0.4, -0.2) is 42.8 Å². The average molecular weight is 383 g/mol. The van der Waals surface area contributed by atoms with Gasteiger partial charge in [0.2, 0.25) is 0 Å². The maximum absolute atomic E-state index is 11.9. The summed E-state index contributed by atoms with van der Waals surface area (Å²) in [6.45, 7) is 7.10. The number of carbonyl (C=O) groups is 1. The number of hydrogen-bond donors (Lipinski definition) is 1. The van der Waals surface area contributed by atoms with E-state index in [4.69, 9.17) is 4.74 Å². The number of halogens is 1. The lowest BCUT2D eigenvalue weighted by atomic mass is 9.76. The van der Waals surface area contributed by atoms with E-state index in [2.05, 4.69) is 45.5 Å². The molecule has 0 spiro atoms. The monoisotopic (exact) mass is 382 g/mol. The van der Waals surface area contributed by atoms with Gasteiger partial charge in [0.05, 0.1) is 0 Å². The Bertz CT molecular complexity index is 536. The van der Waals surface area contributed by atoms with Crippen molar-refractivity contribution in [1.29, 1.82) is 0 Å². The predicted octanol–water partition coefficient (Wildman–Crippen LogP) is 4.15. The van der Waals surface area contributed by atoms with Crippen LogP contribution in [0.4, 0.5) is 4.79 Å². The summed E-state index contributed by atoms with van der Waals surface area (Å²) in [6, 6.07) is 8.98. The number of hydrogen-bond acceptors (Lipinski definition) is 3. The Morgan fingerprint density at radius 2 is 2.00 bits per heavy atom. The van der Waals surface area contributed by atoms with Crippen LogP contribution in [0.2, 0.25) is 0 Å². The fraction of sp³-hybridized carbons (Fsp3) is 0.611. The van der Waals surface area contributed by atoms with Gasteiger partial charge in [-0.05, 0) is 51.2 Å². The Balaban J connectivity index is 1.65. The van der Waals surface area contributed by atoms with Crippen molar-refractivity contribution in [2.24, 2.45) is 0 Å². The number of likely N-dealkylation sites (N-methyl/N-ethyl adjacent to an activating group) is 1. The highest BCUT2D eigenvalue weighted by Crippen LogP contribution is 2.39. The second-order valence-corrected chi connectivity index (χ2v) is 8.10. The van der Waals surface area contributed by atoms with E-state index in [1.54, 1.807) is 11.9 Å². The first-order chi connectivity index (χ1) is 10.8. The zero-order chi connectivity index (χ0) is 17.0. The molecule has 128 valence electrons. The molecular weight excluding hydrogens is 356 g/mol. The van der Waals surface area contributed by atoms with Gasteiger partial charge in [-0.3, -0.25) is 0 Å². The largest absolute Gasteiger partial charge is 0.444 e. The molecule has 0 aliphatic heterocycles. The molecule has 0 radical (unpaired) electrons. The number of rotatable bonds is 5. The molecule has 5 heteroatoms. The molecule has 1 aliphatic carbocycles. The minimum Gasteiger partial charge on any atom is -0.444 e. The van der Waals surface area contributed by atoms with Crippen LogP contribution in [0.3, 0.4) is 0 Å². The summed E-state index contributed by atoms with van der Waals surface area (Å²) in [7, 11) is 1.78. The Labute approximate surface area is 147 Å². The highest BCUT2D eigenvalue weighted by Gasteiger charge is 2.31. The second kappa shape index (κ2) is 7.67. The Kier molecular flexibility index (Phi) is 6.09. The van der Waals surface area contributed by atoms with Crippen molar-refractivity contribution < 1.29 is 9.53 Å². The van der Waals surface area contributed by atoms with Crippen LogP contribution in [0, 0.1) is 0 Å². The molecule has 1 saturated carbocycles. The van der Waals surface area contributed by atoms with Gasteiger partial charge < -0.3 is 15.0 Å². The predicted molar refractivity (Wildman–Crippen MR) is 96.8 cm³/mol. The van der Waals surface area contributed by atoms with Crippen LogP contribution in [-0.2, 0) is 4.74 Å². The molecule has 4 nitrogen and oxygen atoms in total. The third-order valence-corrected chi connectivity index (χ3v) is 4.79. The first-order valence-electron chi connectivity index (χ1n) is 8.18. The van der Waals surface area contributed by atoms with Crippen LogP contribution >= 0.6 is 15.9 Å². The van der Waals surface area contributed by atoms with E-state index in [0.29, 0.717) is 18.5 Å². The van der Waals surface area contributed by atoms with Gasteiger partial charge in [0, 0.05) is 30.7 Å². The van der Waals surface area contributed by atoms with Crippen molar-refractivity contribution in [2.45, 2.75) is 51.2 Å². The normalized spacial score (nSPS) is 20.7. The molecule has 1 amide bonds. The first kappa shape index (κ1) is 18.3. The van der Waals surface area contributed by atoms with Crippen LogP contribution in [0.25, 0.3) is 0 Å². The fourth-order valence-electron chi connectivity index (χ4n) is 2.71. The standard InChI is InChI=1S/C18H27BrN2O2/c1-18(2,3)23-17(22)21(4)10-9-20-14-11-13(12-14)15-7-5-6-8-16(15)19/h5-8,13-14,20H,9-12H2,1-4H3. The van der Waals surface area contributed by atoms with Gasteiger partial charge in [0.25, 0.3) is 0 Å². The Hall–Kier alpha value is -1.07. The van der Waals surface area contributed by atoms with E-state index in [1.807, 2.05) is 20.8 Å². The molecule has 1 aromatic carbocycles. The van der Waals surface area contributed by atoms with E-state index in [1.165, 1.54) is 10.0 Å². The summed E-state index contributed by atoms with van der Waals surface area (Å²) < 4.78 is 6.54. The third kappa shape index (κ3) is 5.50. The van der Waals surface area contributed by atoms with Crippen molar-refractivity contribution in [3.05, 3.63) is 34.3 Å². The number of carbonyl (C=O) groups excluding carboxylic acids is 1. The molecule has 1 aliphatic rings. The fourth-order valence-corrected chi connectivity index (χ4v) is 3.32. The molecule has 0 bridgehead atoms. The van der Waals surface area contributed by atoms with E-state index >= 15 is 0 Å². The molecule has 0 saturated heterocycles. The summed E-state index contributed by atoms with van der Waals surface area (Å²) in [4.78, 5) is 13.5. The van der Waals surface area contributed by atoms with Crippen molar-refractivity contribution in [3.63, 3.8) is 0 Å². The van der Waals surface area contributed by atoms with Gasteiger partial charge in [-0.2, -0.15) is 0 Å². The maximum atomic E-state index is 11.9. The smallest absolute Gasteiger partial charge is 0.410 e. The number of nitrogens with one attached hydrogen (secondary N) is 1. The maximum Gasteiger partial charge on any atom is 0.410 e. The number of ether oxygens (including phenoxy) is 1. The van der Waals surface area contributed by atoms with E-state index < -0.39 is 5.60 Å². The van der Waals surface area contributed by atoms with Crippen molar-refractivity contribution in [1.82, 2.24) is 10.2 Å². The lowest BCUT2D eigenvalue weighted by molar-refractivity contribution is 0.0298. The molecule has 0 unspecified atom stereocenters. The van der Waals surface area contributed by atoms with E-state index in [0.717, 1.165) is 19.4 Å². The summed E-state index contributed by atoms with van der Waals surface area (Å²) >= 11 is 3.62. The molecule has 0 aromatic heterocycles. The third-order valence-electron chi connectivity index (χ3n) is 4.07. The zero-order valence-corrected chi connectivity index (χ0v) is 16.0. The molecule has 0 atom stereocenters. The quantitative estimate of drug-likeness (QED) is 0.831. The minimum absolute atomic E-state index is 0.265. The zero-order valence-electron chi connectivity index (χ0n) is 14.4. The van der Waals surface area contributed by atoms with Crippen LogP contribution in [0.1, 0.15) is 45.1 Å². The van der Waals surface area contributed by atoms with Gasteiger partial charge in [-0.1, -0.05) is 34.1 Å². The van der Waals surface area contributed by atoms with E-state index in [-0.39, 0.29) is 6.09 Å². The minimum atomic E-state index is -0.441. The number of benzene rings is 1. The summed E-state index contributed by atoms with van der Waals surface area (Å²) in [5.74, 6) is 0.631. The second-order valence-electron chi connectivity index (χ2n) is 7.24. The van der Waals surface area contributed by atoms with Crippen molar-refractivity contribution in [2.75, 3.05) is 20.1 Å². The molecular formula is C18H27BrN2O2. The van der Waals surface area contributed by atoms with Crippen LogP contribution in [0.5, 0.6) is 0 Å². The summed E-state index contributed by atoms with van der Waals surface area (Å²) in [5.41, 5.74) is 0.958. The SMILES string of the molecule is CN(CCNC1CC(c2ccccc2Br)C1)C(=O)OC(C)(C)C. The number of amides is 1. The van der Waals surface area contributed by atoms with E-state index in [9.17, 15) is 4.79 Å². The highest BCUT2D eigenvalue weighted by atomic mass is 79.9. The Morgan fingerprint density at radius 3 is 2.61 bits per heavy atom. The van der Waals surface area contributed by atoms with Gasteiger partial charge in [0.15, 0.2) is 0 Å². The van der Waals surface area contributed by atoms with Gasteiger partial charge in [-0.25, -0.2) is 4.79 Å². The molecule has 23 heavy (non-hydrogen) atoms. The van der Waals surface area contributed by atoms with Crippen LogP contribution < -0.4 is 5.32 Å². The topological polar surface area (TPSA) is 41.6 Å². The molecule has 0 heterocycles. The van der Waals surface area contributed by atoms with Gasteiger partial charge in [-0.15, -0.1) is 0 Å². The van der Waals surface area contributed by atoms with Gasteiger partial charge in [0.1, 0.15) is 5.60 Å². The Morgan fingerprint density at radius 1 is 1.35 bits per heavy atom. The van der Waals surface area contributed by atoms with Crippen molar-refractivity contribution in [3.8, 4) is 0 Å². The molecule has 1 N–H and O–H groups in total. The van der Waals surface area contributed by atoms with Crippen molar-refractivity contribution >= 4 is 22.0 Å². The molecule has 1 fully saturated rings. The highest BCUT2D eigenvalue weighted by molar-refractivity contribution is 9.10. The lowest BCUT2D eigenvalue weighted by Crippen LogP contribution is -2.44.